The van der Waals surface area contributed by atoms with Crippen LogP contribution < -0.4 is 5.32 Å². The van der Waals surface area contributed by atoms with E-state index in [1.807, 2.05) is 12.1 Å². The number of rotatable bonds is 1. The standard InChI is InChI=1S/C10H10Cl2N2/c11-7-3-1-4-8(10(7)12)14-9-5-2-6-13-9/h1,3-4H,2,5-6H2,(H,13,14). The summed E-state index contributed by atoms with van der Waals surface area (Å²) in [7, 11) is 0. The van der Waals surface area contributed by atoms with Crippen LogP contribution in [0.4, 0.5) is 5.69 Å². The number of nitrogens with one attached hydrogen (secondary N) is 1. The van der Waals surface area contributed by atoms with E-state index in [-0.39, 0.29) is 0 Å². The molecule has 0 aromatic heterocycles. The van der Waals surface area contributed by atoms with Crippen LogP contribution in [0.3, 0.4) is 0 Å². The summed E-state index contributed by atoms with van der Waals surface area (Å²) in [5, 5.41) is 4.31. The maximum Gasteiger partial charge on any atom is 0.101 e. The molecular weight excluding hydrogens is 219 g/mol. The van der Waals surface area contributed by atoms with Crippen LogP contribution in [0.15, 0.2) is 23.2 Å². The molecule has 74 valence electrons. The van der Waals surface area contributed by atoms with Gasteiger partial charge in [-0.1, -0.05) is 29.3 Å². The summed E-state index contributed by atoms with van der Waals surface area (Å²) >= 11 is 11.9. The predicted octanol–water partition coefficient (Wildman–Crippen LogP) is 3.60. The highest BCUT2D eigenvalue weighted by Crippen LogP contribution is 2.29. The lowest BCUT2D eigenvalue weighted by atomic mass is 10.3. The van der Waals surface area contributed by atoms with Gasteiger partial charge in [-0.15, -0.1) is 0 Å². The van der Waals surface area contributed by atoms with E-state index in [9.17, 15) is 0 Å². The SMILES string of the molecule is Clc1cccc(NC2=NCCC2)c1Cl. The van der Waals surface area contributed by atoms with Crippen LogP contribution in [0.25, 0.3) is 0 Å². The van der Waals surface area contributed by atoms with Gasteiger partial charge in [-0.3, -0.25) is 4.99 Å². The third-order valence-electron chi connectivity index (χ3n) is 2.10. The van der Waals surface area contributed by atoms with Gasteiger partial charge in [-0.2, -0.15) is 0 Å². The number of benzene rings is 1. The molecule has 2 nitrogen and oxygen atoms in total. The average molecular weight is 229 g/mol. The van der Waals surface area contributed by atoms with Gasteiger partial charge in [0.15, 0.2) is 0 Å². The fourth-order valence-electron chi connectivity index (χ4n) is 1.40. The van der Waals surface area contributed by atoms with Crippen molar-refractivity contribution in [1.82, 2.24) is 0 Å². The second kappa shape index (κ2) is 4.20. The molecule has 0 saturated carbocycles. The minimum atomic E-state index is 0.559. The van der Waals surface area contributed by atoms with E-state index < -0.39 is 0 Å². The summed E-state index contributed by atoms with van der Waals surface area (Å²) in [6.07, 6.45) is 2.10. The van der Waals surface area contributed by atoms with E-state index in [0.717, 1.165) is 30.9 Å². The Morgan fingerprint density at radius 1 is 1.29 bits per heavy atom. The van der Waals surface area contributed by atoms with Gasteiger partial charge in [0.05, 0.1) is 15.7 Å². The van der Waals surface area contributed by atoms with Gasteiger partial charge in [0, 0.05) is 13.0 Å². The molecule has 1 aromatic rings. The first-order chi connectivity index (χ1) is 6.77. The van der Waals surface area contributed by atoms with Gasteiger partial charge in [0.25, 0.3) is 0 Å². The Kier molecular flexibility index (Phi) is 2.94. The lowest BCUT2D eigenvalue weighted by Crippen LogP contribution is -2.08. The van der Waals surface area contributed by atoms with Crippen LogP contribution >= 0.6 is 23.2 Å². The zero-order chi connectivity index (χ0) is 9.97. The maximum atomic E-state index is 6.02. The topological polar surface area (TPSA) is 24.4 Å². The number of aliphatic imine (C=N–C) groups is 1. The van der Waals surface area contributed by atoms with Gasteiger partial charge in [0.2, 0.25) is 0 Å². The van der Waals surface area contributed by atoms with Gasteiger partial charge in [-0.05, 0) is 18.6 Å². The van der Waals surface area contributed by atoms with E-state index in [4.69, 9.17) is 23.2 Å². The maximum absolute atomic E-state index is 6.02. The molecule has 0 aliphatic carbocycles. The Morgan fingerprint density at radius 2 is 2.14 bits per heavy atom. The van der Waals surface area contributed by atoms with Gasteiger partial charge < -0.3 is 5.32 Å². The van der Waals surface area contributed by atoms with E-state index in [1.165, 1.54) is 0 Å². The summed E-state index contributed by atoms with van der Waals surface area (Å²) in [4.78, 5) is 4.31. The van der Waals surface area contributed by atoms with Gasteiger partial charge >= 0.3 is 0 Å². The molecule has 0 unspecified atom stereocenters. The third kappa shape index (κ3) is 2.02. The highest BCUT2D eigenvalue weighted by molar-refractivity contribution is 6.44. The number of halogens is 2. The van der Waals surface area contributed by atoms with E-state index in [0.29, 0.717) is 10.0 Å². The number of anilines is 1. The summed E-state index contributed by atoms with van der Waals surface area (Å²) in [6.45, 7) is 0.903. The number of hydrogen-bond acceptors (Lipinski definition) is 2. The van der Waals surface area contributed by atoms with Crippen LogP contribution in [0, 0.1) is 0 Å². The molecule has 0 radical (unpaired) electrons. The molecule has 0 spiro atoms. The minimum absolute atomic E-state index is 0.559. The van der Waals surface area contributed by atoms with Crippen LogP contribution in [0.5, 0.6) is 0 Å². The summed E-state index contributed by atoms with van der Waals surface area (Å²) < 4.78 is 0. The summed E-state index contributed by atoms with van der Waals surface area (Å²) in [5.74, 6) is 0.995. The number of hydrogen-bond donors (Lipinski definition) is 1. The Bertz CT molecular complexity index is 374. The Hall–Kier alpha value is -0.730. The van der Waals surface area contributed by atoms with Crippen LogP contribution in [0.2, 0.25) is 10.0 Å². The fourth-order valence-corrected chi connectivity index (χ4v) is 1.75. The normalized spacial score (nSPS) is 15.4. The van der Waals surface area contributed by atoms with Crippen LogP contribution in [0.1, 0.15) is 12.8 Å². The van der Waals surface area contributed by atoms with E-state index in [1.54, 1.807) is 6.07 Å². The van der Waals surface area contributed by atoms with Gasteiger partial charge in [0.1, 0.15) is 5.84 Å². The van der Waals surface area contributed by atoms with Crippen molar-refractivity contribution in [2.24, 2.45) is 4.99 Å². The van der Waals surface area contributed by atoms with Crippen LogP contribution in [-0.4, -0.2) is 12.4 Å². The largest absolute Gasteiger partial charge is 0.343 e. The van der Waals surface area contributed by atoms with Crippen LogP contribution in [-0.2, 0) is 0 Å². The molecule has 14 heavy (non-hydrogen) atoms. The first-order valence-corrected chi connectivity index (χ1v) is 5.27. The highest BCUT2D eigenvalue weighted by atomic mass is 35.5. The van der Waals surface area contributed by atoms with Crippen molar-refractivity contribution in [1.29, 1.82) is 0 Å². The molecule has 1 heterocycles. The molecule has 0 bridgehead atoms. The smallest absolute Gasteiger partial charge is 0.101 e. The second-order valence-electron chi connectivity index (χ2n) is 3.16. The average Bonchev–Trinajstić information content (AvgIpc) is 2.66. The molecule has 1 aliphatic rings. The van der Waals surface area contributed by atoms with E-state index in [2.05, 4.69) is 10.3 Å². The van der Waals surface area contributed by atoms with Gasteiger partial charge in [-0.25, -0.2) is 0 Å². The minimum Gasteiger partial charge on any atom is -0.343 e. The zero-order valence-corrected chi connectivity index (χ0v) is 9.07. The lowest BCUT2D eigenvalue weighted by Gasteiger charge is -2.08. The van der Waals surface area contributed by atoms with Crippen molar-refractivity contribution in [3.63, 3.8) is 0 Å². The molecule has 0 amide bonds. The molecule has 2 rings (SSSR count). The zero-order valence-electron chi connectivity index (χ0n) is 7.56. The molecule has 0 saturated heterocycles. The highest BCUT2D eigenvalue weighted by Gasteiger charge is 2.09. The predicted molar refractivity (Wildman–Crippen MR) is 61.6 cm³/mol. The van der Waals surface area contributed by atoms with Crippen molar-refractivity contribution in [2.75, 3.05) is 11.9 Å². The molecule has 4 heteroatoms. The lowest BCUT2D eigenvalue weighted by molar-refractivity contribution is 0.951. The molecular formula is C10H10Cl2N2. The molecule has 1 aliphatic heterocycles. The Morgan fingerprint density at radius 3 is 2.86 bits per heavy atom. The monoisotopic (exact) mass is 228 g/mol. The van der Waals surface area contributed by atoms with E-state index >= 15 is 0 Å². The third-order valence-corrected chi connectivity index (χ3v) is 2.92. The first-order valence-electron chi connectivity index (χ1n) is 4.52. The second-order valence-corrected chi connectivity index (χ2v) is 3.94. The Labute approximate surface area is 92.9 Å². The molecule has 0 fully saturated rings. The fraction of sp³-hybridized carbons (Fsp3) is 0.300. The Balaban J connectivity index is 2.20. The first kappa shape index (κ1) is 9.81. The van der Waals surface area contributed by atoms with Crippen molar-refractivity contribution in [3.05, 3.63) is 28.2 Å². The quantitative estimate of drug-likeness (QED) is 0.781. The molecule has 1 aromatic carbocycles. The number of amidine groups is 1. The number of nitrogens with zero attached hydrogens (tertiary/aromatic N) is 1. The summed E-state index contributed by atoms with van der Waals surface area (Å²) in [5.41, 5.74) is 0.833. The molecule has 1 N–H and O–H groups in total. The van der Waals surface area contributed by atoms with Crippen molar-refractivity contribution in [2.45, 2.75) is 12.8 Å². The van der Waals surface area contributed by atoms with Crippen molar-refractivity contribution in [3.8, 4) is 0 Å². The molecule has 0 atom stereocenters. The van der Waals surface area contributed by atoms with Crippen molar-refractivity contribution < 1.29 is 0 Å². The summed E-state index contributed by atoms with van der Waals surface area (Å²) in [6, 6.07) is 5.53. The van der Waals surface area contributed by atoms with Crippen molar-refractivity contribution >= 4 is 34.7 Å².